The fourth-order valence-corrected chi connectivity index (χ4v) is 7.00. The number of nitriles is 1. The van der Waals surface area contributed by atoms with Crippen LogP contribution in [-0.2, 0) is 9.59 Å². The Morgan fingerprint density at radius 1 is 1.23 bits per heavy atom. The SMILES string of the molecule is CC(C)c1ccc(C2C(C#N)=C(N)N(c3nnc(SCC(=O)Nc4ccccc4Br)s3)C3=C2C(=O)CCC3)cc1. The number of hydrogen-bond donors (Lipinski definition) is 2. The lowest BCUT2D eigenvalue weighted by Crippen LogP contribution is -2.38. The van der Waals surface area contributed by atoms with Gasteiger partial charge in [-0.25, -0.2) is 0 Å². The average molecular weight is 636 g/mol. The van der Waals surface area contributed by atoms with E-state index in [2.05, 4.69) is 51.4 Å². The molecule has 1 aromatic heterocycles. The molecule has 1 aliphatic carbocycles. The van der Waals surface area contributed by atoms with Gasteiger partial charge in [0, 0.05) is 22.2 Å². The van der Waals surface area contributed by atoms with Crippen LogP contribution in [0.3, 0.4) is 0 Å². The number of hydrogen-bond acceptors (Lipinski definition) is 9. The number of ketones is 1. The number of allylic oxidation sites excluding steroid dienone is 3. The molecular weight excluding hydrogens is 608 g/mol. The molecule has 2 aromatic carbocycles. The van der Waals surface area contributed by atoms with Gasteiger partial charge in [0.05, 0.1) is 29.0 Å². The van der Waals surface area contributed by atoms with E-state index >= 15 is 0 Å². The van der Waals surface area contributed by atoms with E-state index in [4.69, 9.17) is 5.73 Å². The smallest absolute Gasteiger partial charge is 0.234 e. The quantitative estimate of drug-likeness (QED) is 0.284. The lowest BCUT2D eigenvalue weighted by molar-refractivity contribution is -0.116. The molecule has 1 unspecified atom stereocenters. The number of Topliss-reactive ketones (excluding diaryl/α,β-unsaturated/α-hetero) is 1. The molecule has 1 atom stereocenters. The van der Waals surface area contributed by atoms with Crippen LogP contribution in [0.25, 0.3) is 0 Å². The number of halogens is 1. The third-order valence-electron chi connectivity index (χ3n) is 6.91. The molecule has 2 aliphatic rings. The zero-order valence-electron chi connectivity index (χ0n) is 22.0. The molecule has 1 aliphatic heterocycles. The molecule has 3 aromatic rings. The first-order chi connectivity index (χ1) is 19.3. The number of benzene rings is 2. The highest BCUT2D eigenvalue weighted by atomic mass is 79.9. The monoisotopic (exact) mass is 634 g/mol. The van der Waals surface area contributed by atoms with E-state index in [-0.39, 0.29) is 23.3 Å². The van der Waals surface area contributed by atoms with Gasteiger partial charge in [0.1, 0.15) is 5.82 Å². The minimum atomic E-state index is -0.520. The Bertz CT molecular complexity index is 1570. The Labute approximate surface area is 249 Å². The Balaban J connectivity index is 1.43. The number of carbonyl (C=O) groups is 2. The number of carbonyl (C=O) groups excluding carboxylic acids is 2. The number of nitrogens with zero attached hydrogens (tertiary/aromatic N) is 4. The highest BCUT2D eigenvalue weighted by Crippen LogP contribution is 2.47. The molecule has 0 spiro atoms. The zero-order chi connectivity index (χ0) is 28.4. The van der Waals surface area contributed by atoms with E-state index < -0.39 is 5.92 Å². The molecule has 0 bridgehead atoms. The van der Waals surface area contributed by atoms with Gasteiger partial charge in [-0.05, 0) is 57.9 Å². The number of rotatable bonds is 7. The lowest BCUT2D eigenvalue weighted by atomic mass is 9.75. The summed E-state index contributed by atoms with van der Waals surface area (Å²) in [6.45, 7) is 4.25. The van der Waals surface area contributed by atoms with Gasteiger partial charge < -0.3 is 11.1 Å². The van der Waals surface area contributed by atoms with Gasteiger partial charge in [0.15, 0.2) is 10.1 Å². The second-order valence-corrected chi connectivity index (χ2v) is 12.8. The van der Waals surface area contributed by atoms with Crippen molar-refractivity contribution in [3.63, 3.8) is 0 Å². The molecule has 3 N–H and O–H groups in total. The van der Waals surface area contributed by atoms with Crippen LogP contribution < -0.4 is 16.0 Å². The van der Waals surface area contributed by atoms with Crippen molar-refractivity contribution in [2.45, 2.75) is 49.3 Å². The summed E-state index contributed by atoms with van der Waals surface area (Å²) < 4.78 is 1.38. The third kappa shape index (κ3) is 5.57. The van der Waals surface area contributed by atoms with E-state index in [1.54, 1.807) is 4.90 Å². The molecule has 1 amide bonds. The van der Waals surface area contributed by atoms with Crippen molar-refractivity contribution < 1.29 is 9.59 Å². The van der Waals surface area contributed by atoms with Crippen molar-refractivity contribution in [1.29, 1.82) is 5.26 Å². The fraction of sp³-hybridized carbons (Fsp3) is 0.276. The molecule has 5 rings (SSSR count). The first-order valence-corrected chi connectivity index (χ1v) is 15.4. The zero-order valence-corrected chi connectivity index (χ0v) is 25.2. The number of para-hydroxylation sites is 1. The Morgan fingerprint density at radius 3 is 2.67 bits per heavy atom. The molecule has 204 valence electrons. The van der Waals surface area contributed by atoms with Crippen molar-refractivity contribution in [2.75, 3.05) is 16.0 Å². The summed E-state index contributed by atoms with van der Waals surface area (Å²) in [7, 11) is 0. The summed E-state index contributed by atoms with van der Waals surface area (Å²) in [6.07, 6.45) is 1.76. The van der Waals surface area contributed by atoms with Crippen molar-refractivity contribution in [3.8, 4) is 6.07 Å². The van der Waals surface area contributed by atoms with E-state index in [9.17, 15) is 14.9 Å². The van der Waals surface area contributed by atoms with Gasteiger partial charge in [-0.3, -0.25) is 14.5 Å². The van der Waals surface area contributed by atoms with Gasteiger partial charge >= 0.3 is 0 Å². The molecular formula is C29H27BrN6O2S2. The maximum atomic E-state index is 13.3. The van der Waals surface area contributed by atoms with Gasteiger partial charge in [-0.2, -0.15) is 5.26 Å². The second-order valence-electron chi connectivity index (χ2n) is 9.80. The van der Waals surface area contributed by atoms with Crippen LogP contribution >= 0.6 is 39.0 Å². The molecule has 0 saturated carbocycles. The predicted molar refractivity (Wildman–Crippen MR) is 162 cm³/mol. The standard InChI is InChI=1S/C29H27BrN6O2S2/c1-16(2)17-10-12-18(13-11-17)25-19(14-31)27(32)36(22-8-5-9-23(37)26(22)25)28-34-35-29(40-28)39-15-24(38)33-21-7-4-3-6-20(21)30/h3-4,6-7,10-13,16,25H,5,8-9,15,32H2,1-2H3,(H,33,38). The van der Waals surface area contributed by atoms with E-state index in [0.717, 1.165) is 15.7 Å². The van der Waals surface area contributed by atoms with Gasteiger partial charge in [0.25, 0.3) is 0 Å². The van der Waals surface area contributed by atoms with E-state index in [0.29, 0.717) is 51.5 Å². The number of amides is 1. The summed E-state index contributed by atoms with van der Waals surface area (Å²) in [5.41, 5.74) is 11.1. The number of aromatic nitrogens is 2. The highest BCUT2D eigenvalue weighted by molar-refractivity contribution is 9.10. The summed E-state index contributed by atoms with van der Waals surface area (Å²) in [5.74, 6) is 0.0976. The lowest BCUT2D eigenvalue weighted by Gasteiger charge is -2.38. The van der Waals surface area contributed by atoms with Crippen molar-refractivity contribution in [2.24, 2.45) is 5.73 Å². The first kappa shape index (κ1) is 28.1. The molecule has 0 fully saturated rings. The van der Waals surface area contributed by atoms with Gasteiger partial charge in [0.2, 0.25) is 11.0 Å². The minimum Gasteiger partial charge on any atom is -0.384 e. The molecule has 40 heavy (non-hydrogen) atoms. The third-order valence-corrected chi connectivity index (χ3v) is 9.64. The summed E-state index contributed by atoms with van der Waals surface area (Å²) in [5, 5.41) is 22.2. The Morgan fingerprint density at radius 2 is 1.98 bits per heavy atom. The minimum absolute atomic E-state index is 0.0206. The molecule has 0 saturated heterocycles. The number of nitrogens with one attached hydrogen (secondary N) is 1. The van der Waals surface area contributed by atoms with Crippen LogP contribution in [0.15, 0.2) is 80.0 Å². The van der Waals surface area contributed by atoms with Crippen LogP contribution in [0, 0.1) is 11.3 Å². The van der Waals surface area contributed by atoms with Crippen LogP contribution in [0.2, 0.25) is 0 Å². The largest absolute Gasteiger partial charge is 0.384 e. The van der Waals surface area contributed by atoms with Crippen LogP contribution in [0.1, 0.15) is 56.1 Å². The summed E-state index contributed by atoms with van der Waals surface area (Å²) >= 11 is 5.97. The molecule has 8 nitrogen and oxygen atoms in total. The van der Waals surface area contributed by atoms with Crippen LogP contribution in [-0.4, -0.2) is 27.6 Å². The fourth-order valence-electron chi connectivity index (χ4n) is 4.94. The summed E-state index contributed by atoms with van der Waals surface area (Å²) in [4.78, 5) is 27.6. The van der Waals surface area contributed by atoms with Crippen LogP contribution in [0.4, 0.5) is 10.8 Å². The van der Waals surface area contributed by atoms with Crippen molar-refractivity contribution in [1.82, 2.24) is 10.2 Å². The summed E-state index contributed by atoms with van der Waals surface area (Å²) in [6, 6.07) is 17.8. The predicted octanol–water partition coefficient (Wildman–Crippen LogP) is 6.46. The Kier molecular flexibility index (Phi) is 8.40. The van der Waals surface area contributed by atoms with Gasteiger partial charge in [-0.15, -0.1) is 10.2 Å². The van der Waals surface area contributed by atoms with Gasteiger partial charge in [-0.1, -0.05) is 73.3 Å². The average Bonchev–Trinajstić information content (AvgIpc) is 3.41. The molecule has 0 radical (unpaired) electrons. The maximum Gasteiger partial charge on any atom is 0.234 e. The van der Waals surface area contributed by atoms with E-state index in [1.807, 2.05) is 48.5 Å². The number of thioether (sulfide) groups is 1. The van der Waals surface area contributed by atoms with Crippen molar-refractivity contribution >= 4 is 61.5 Å². The molecule has 2 heterocycles. The Hall–Kier alpha value is -3.46. The van der Waals surface area contributed by atoms with Crippen molar-refractivity contribution in [3.05, 3.63) is 86.8 Å². The normalized spacial score (nSPS) is 17.2. The first-order valence-electron chi connectivity index (χ1n) is 12.8. The van der Waals surface area contributed by atoms with Crippen LogP contribution in [0.5, 0.6) is 0 Å². The molecule has 11 heteroatoms. The topological polar surface area (TPSA) is 125 Å². The number of anilines is 2. The highest BCUT2D eigenvalue weighted by Gasteiger charge is 2.41. The van der Waals surface area contributed by atoms with E-state index in [1.165, 1.54) is 28.7 Å². The maximum absolute atomic E-state index is 13.3. The number of nitrogens with two attached hydrogens (primary N) is 1. The second kappa shape index (κ2) is 12.0.